The molecule has 3 heterocycles. The molecule has 1 fully saturated rings. The second-order valence-electron chi connectivity index (χ2n) is 9.50. The first-order valence-corrected chi connectivity index (χ1v) is 12.0. The third kappa shape index (κ3) is 4.25. The van der Waals surface area contributed by atoms with Gasteiger partial charge in [-0.2, -0.15) is 5.26 Å². The van der Waals surface area contributed by atoms with Crippen molar-refractivity contribution >= 4 is 16.7 Å². The summed E-state index contributed by atoms with van der Waals surface area (Å²) in [5.41, 5.74) is 4.54. The van der Waals surface area contributed by atoms with Gasteiger partial charge in [0, 0.05) is 12.6 Å². The monoisotopic (exact) mass is 454 g/mol. The first-order valence-electron chi connectivity index (χ1n) is 12.0. The average Bonchev–Trinajstić information content (AvgIpc) is 3.16. The van der Waals surface area contributed by atoms with E-state index in [1.54, 1.807) is 11.3 Å². The van der Waals surface area contributed by atoms with Gasteiger partial charge in [-0.1, -0.05) is 42.5 Å². The number of fused-ring (bicyclic) bond motifs is 3. The Bertz CT molecular complexity index is 1410. The number of hydrogen-bond acceptors (Lipinski definition) is 4. The number of piperidine rings is 1. The summed E-state index contributed by atoms with van der Waals surface area (Å²) < 4.78 is 3.54. The topological polar surface area (TPSA) is 73.7 Å². The maximum absolute atomic E-state index is 12.8. The van der Waals surface area contributed by atoms with Gasteiger partial charge in [0.2, 0.25) is 0 Å². The quantitative estimate of drug-likeness (QED) is 0.482. The number of hydrogen-bond donors (Lipinski definition) is 1. The molecule has 1 saturated heterocycles. The standard InChI is InChI=1S/C28H30N4O2/c1-20-15-27(34)32-26-10-6-5-9-25(26)31(28(32)24(20)17-29)19-23(33)18-30-13-11-22(12-14-30)16-21-7-3-2-4-8-21/h2-10,15,22-23,33H,11-14,16,18-19H2,1H3/t23-/m0/s1. The van der Waals surface area contributed by atoms with E-state index in [0.29, 0.717) is 35.8 Å². The van der Waals surface area contributed by atoms with Crippen LogP contribution in [0.5, 0.6) is 0 Å². The number of likely N-dealkylation sites (tertiary alicyclic amines) is 1. The van der Waals surface area contributed by atoms with Crippen LogP contribution in [0.15, 0.2) is 65.5 Å². The van der Waals surface area contributed by atoms with Crippen molar-refractivity contribution < 1.29 is 5.11 Å². The highest BCUT2D eigenvalue weighted by Gasteiger charge is 2.23. The molecule has 1 atom stereocenters. The summed E-state index contributed by atoms with van der Waals surface area (Å²) in [7, 11) is 0. The van der Waals surface area contributed by atoms with Gasteiger partial charge in [-0.15, -0.1) is 0 Å². The van der Waals surface area contributed by atoms with E-state index in [2.05, 4.69) is 41.3 Å². The Hall–Kier alpha value is -3.40. The van der Waals surface area contributed by atoms with Gasteiger partial charge in [0.1, 0.15) is 11.7 Å². The largest absolute Gasteiger partial charge is 0.390 e. The summed E-state index contributed by atoms with van der Waals surface area (Å²) in [6.07, 6.45) is 2.77. The minimum atomic E-state index is -0.604. The Kier molecular flexibility index (Phi) is 6.23. The number of aliphatic hydroxyl groups is 1. The highest BCUT2D eigenvalue weighted by Crippen LogP contribution is 2.25. The molecule has 5 rings (SSSR count). The fourth-order valence-electron chi connectivity index (χ4n) is 5.41. The van der Waals surface area contributed by atoms with Gasteiger partial charge in [0.05, 0.1) is 29.2 Å². The molecule has 0 bridgehead atoms. The Balaban J connectivity index is 1.34. The molecule has 2 aromatic heterocycles. The van der Waals surface area contributed by atoms with E-state index >= 15 is 0 Å². The van der Waals surface area contributed by atoms with Gasteiger partial charge in [-0.3, -0.25) is 9.20 Å². The Morgan fingerprint density at radius 2 is 1.71 bits per heavy atom. The van der Waals surface area contributed by atoms with E-state index in [1.165, 1.54) is 11.6 Å². The van der Waals surface area contributed by atoms with Crippen molar-refractivity contribution in [3.05, 3.63) is 87.7 Å². The molecule has 0 saturated carbocycles. The number of benzene rings is 2. The highest BCUT2D eigenvalue weighted by atomic mass is 16.3. The van der Waals surface area contributed by atoms with Crippen LogP contribution in [0, 0.1) is 24.2 Å². The molecule has 0 radical (unpaired) electrons. The molecule has 0 unspecified atom stereocenters. The van der Waals surface area contributed by atoms with Crippen LogP contribution < -0.4 is 5.56 Å². The third-order valence-electron chi connectivity index (χ3n) is 7.11. The van der Waals surface area contributed by atoms with Crippen molar-refractivity contribution in [2.45, 2.75) is 38.8 Å². The van der Waals surface area contributed by atoms with E-state index in [0.717, 1.165) is 43.4 Å². The number of imidazole rings is 1. The Labute approximate surface area is 199 Å². The van der Waals surface area contributed by atoms with Crippen LogP contribution in [0.3, 0.4) is 0 Å². The van der Waals surface area contributed by atoms with Crippen LogP contribution in [-0.2, 0) is 13.0 Å². The van der Waals surface area contributed by atoms with Gasteiger partial charge in [-0.25, -0.2) is 0 Å². The lowest BCUT2D eigenvalue weighted by molar-refractivity contribution is 0.0796. The molecule has 34 heavy (non-hydrogen) atoms. The number of rotatable bonds is 6. The first kappa shape index (κ1) is 22.4. The lowest BCUT2D eigenvalue weighted by Crippen LogP contribution is -2.40. The Morgan fingerprint density at radius 1 is 1.03 bits per heavy atom. The molecule has 174 valence electrons. The normalized spacial score (nSPS) is 16.1. The molecule has 0 spiro atoms. The van der Waals surface area contributed by atoms with Crippen molar-refractivity contribution in [3.8, 4) is 6.07 Å². The van der Waals surface area contributed by atoms with Gasteiger partial charge < -0.3 is 14.6 Å². The summed E-state index contributed by atoms with van der Waals surface area (Å²) in [6, 6.07) is 22.1. The van der Waals surface area contributed by atoms with E-state index in [1.807, 2.05) is 28.8 Å². The van der Waals surface area contributed by atoms with Crippen LogP contribution in [0.4, 0.5) is 0 Å². The average molecular weight is 455 g/mol. The second kappa shape index (κ2) is 9.46. The number of nitriles is 1. The number of nitrogens with zero attached hydrogens (tertiary/aromatic N) is 4. The molecule has 0 aliphatic carbocycles. The minimum absolute atomic E-state index is 0.156. The van der Waals surface area contributed by atoms with Crippen molar-refractivity contribution in [2.75, 3.05) is 19.6 Å². The summed E-state index contributed by atoms with van der Waals surface area (Å²) in [6.45, 7) is 4.65. The van der Waals surface area contributed by atoms with E-state index in [4.69, 9.17) is 0 Å². The van der Waals surface area contributed by atoms with E-state index in [9.17, 15) is 15.2 Å². The number of pyridine rings is 1. The molecule has 1 N–H and O–H groups in total. The number of para-hydroxylation sites is 2. The predicted octanol–water partition coefficient (Wildman–Crippen LogP) is 3.75. The second-order valence-corrected chi connectivity index (χ2v) is 9.50. The molecule has 6 heteroatoms. The lowest BCUT2D eigenvalue weighted by atomic mass is 9.90. The maximum atomic E-state index is 12.8. The summed E-state index contributed by atoms with van der Waals surface area (Å²) in [4.78, 5) is 15.2. The number of aromatic nitrogens is 2. The van der Waals surface area contributed by atoms with Gasteiger partial charge in [-0.05, 0) is 68.5 Å². The van der Waals surface area contributed by atoms with Crippen molar-refractivity contribution in [3.63, 3.8) is 0 Å². The zero-order valence-corrected chi connectivity index (χ0v) is 19.5. The smallest absolute Gasteiger partial charge is 0.257 e. The molecular formula is C28H30N4O2. The summed E-state index contributed by atoms with van der Waals surface area (Å²) in [5, 5.41) is 20.9. The van der Waals surface area contributed by atoms with Crippen LogP contribution in [-0.4, -0.2) is 44.7 Å². The summed E-state index contributed by atoms with van der Waals surface area (Å²) >= 11 is 0. The van der Waals surface area contributed by atoms with Gasteiger partial charge in [0.25, 0.3) is 5.56 Å². The zero-order chi connectivity index (χ0) is 23.7. The fraction of sp³-hybridized carbons (Fsp3) is 0.357. The first-order chi connectivity index (χ1) is 16.5. The van der Waals surface area contributed by atoms with E-state index < -0.39 is 6.10 Å². The van der Waals surface area contributed by atoms with Crippen LogP contribution in [0.1, 0.15) is 29.5 Å². The predicted molar refractivity (Wildman–Crippen MR) is 134 cm³/mol. The molecule has 4 aromatic rings. The minimum Gasteiger partial charge on any atom is -0.390 e. The highest BCUT2D eigenvalue weighted by molar-refractivity contribution is 5.84. The molecule has 2 aromatic carbocycles. The fourth-order valence-corrected chi connectivity index (χ4v) is 5.41. The maximum Gasteiger partial charge on any atom is 0.257 e. The number of aryl methyl sites for hydroxylation is 1. The van der Waals surface area contributed by atoms with Gasteiger partial charge in [0.15, 0.2) is 0 Å². The molecular weight excluding hydrogens is 424 g/mol. The van der Waals surface area contributed by atoms with Gasteiger partial charge >= 0.3 is 0 Å². The zero-order valence-electron chi connectivity index (χ0n) is 19.5. The van der Waals surface area contributed by atoms with Crippen LogP contribution in [0.25, 0.3) is 16.7 Å². The van der Waals surface area contributed by atoms with E-state index in [-0.39, 0.29) is 5.56 Å². The van der Waals surface area contributed by atoms with Crippen molar-refractivity contribution in [1.82, 2.24) is 13.9 Å². The lowest BCUT2D eigenvalue weighted by Gasteiger charge is -2.33. The van der Waals surface area contributed by atoms with Crippen LogP contribution >= 0.6 is 0 Å². The van der Waals surface area contributed by atoms with Crippen LogP contribution in [0.2, 0.25) is 0 Å². The van der Waals surface area contributed by atoms with Crippen molar-refractivity contribution in [1.29, 1.82) is 5.26 Å². The van der Waals surface area contributed by atoms with Crippen molar-refractivity contribution in [2.24, 2.45) is 5.92 Å². The number of aliphatic hydroxyl groups excluding tert-OH is 1. The third-order valence-corrected chi connectivity index (χ3v) is 7.11. The Morgan fingerprint density at radius 3 is 2.41 bits per heavy atom. The molecule has 6 nitrogen and oxygen atoms in total. The number of β-amino-alcohol motifs (C(OH)–C–C–N with tert-alkyl or cyclic N) is 1. The molecule has 1 aliphatic heterocycles. The summed E-state index contributed by atoms with van der Waals surface area (Å²) in [5.74, 6) is 0.682. The molecule has 1 aliphatic rings. The SMILES string of the molecule is Cc1cc(=O)n2c3ccccc3n(C[C@@H](O)CN3CCC(Cc4ccccc4)CC3)c2c1C#N. The molecule has 0 amide bonds.